The largest absolute Gasteiger partial charge is 0.472 e. The second-order valence-corrected chi connectivity index (χ2v) is 10.1. The molecular weight excluding hydrogens is 456 g/mol. The Morgan fingerprint density at radius 2 is 1.38 bits per heavy atom. The molecular formula is C12H26BO13P3. The molecule has 1 saturated heterocycles. The SMILES string of the molecule is [B]C1CC(OP(=O)(O)OCCCOP(=O)(O)OCCCOP(=O)(O)O)C(CC)O1. The molecule has 0 aromatic rings. The number of hydrogen-bond acceptors (Lipinski definition) is 9. The van der Waals surface area contributed by atoms with Crippen LogP contribution >= 0.6 is 23.5 Å². The van der Waals surface area contributed by atoms with Crippen LogP contribution < -0.4 is 0 Å². The van der Waals surface area contributed by atoms with Gasteiger partial charge in [-0.1, -0.05) is 6.92 Å². The van der Waals surface area contributed by atoms with E-state index in [1.807, 2.05) is 6.92 Å². The molecule has 1 aliphatic rings. The Labute approximate surface area is 169 Å². The van der Waals surface area contributed by atoms with Gasteiger partial charge in [0.2, 0.25) is 0 Å². The van der Waals surface area contributed by atoms with Crippen molar-refractivity contribution in [1.29, 1.82) is 0 Å². The summed E-state index contributed by atoms with van der Waals surface area (Å²) in [5, 5.41) is 0. The van der Waals surface area contributed by atoms with Gasteiger partial charge in [0, 0.05) is 6.00 Å². The molecule has 0 spiro atoms. The van der Waals surface area contributed by atoms with Crippen molar-refractivity contribution in [3.63, 3.8) is 0 Å². The molecule has 4 N–H and O–H groups in total. The number of rotatable bonds is 15. The minimum Gasteiger partial charge on any atom is -0.382 e. The first kappa shape index (κ1) is 27.4. The lowest BCUT2D eigenvalue weighted by molar-refractivity contribution is 0.0218. The van der Waals surface area contributed by atoms with Crippen molar-refractivity contribution in [2.45, 2.75) is 50.8 Å². The fraction of sp³-hybridized carbons (Fsp3) is 1.00. The van der Waals surface area contributed by atoms with E-state index in [2.05, 4.69) is 13.6 Å². The molecule has 1 fully saturated rings. The predicted molar refractivity (Wildman–Crippen MR) is 98.9 cm³/mol. The summed E-state index contributed by atoms with van der Waals surface area (Å²) in [6.07, 6.45) is -0.366. The van der Waals surface area contributed by atoms with Gasteiger partial charge in [0.05, 0.1) is 38.6 Å². The lowest BCUT2D eigenvalue weighted by atomic mass is 9.96. The van der Waals surface area contributed by atoms with Gasteiger partial charge in [0.1, 0.15) is 7.85 Å². The molecule has 1 aliphatic heterocycles. The molecule has 0 amide bonds. The van der Waals surface area contributed by atoms with E-state index in [0.717, 1.165) is 0 Å². The van der Waals surface area contributed by atoms with E-state index in [1.54, 1.807) is 0 Å². The van der Waals surface area contributed by atoms with Gasteiger partial charge >= 0.3 is 23.5 Å². The fourth-order valence-corrected chi connectivity index (χ4v) is 4.44. The Morgan fingerprint density at radius 1 is 0.897 bits per heavy atom. The molecule has 1 heterocycles. The first-order chi connectivity index (χ1) is 13.3. The molecule has 17 heteroatoms. The third-order valence-electron chi connectivity index (χ3n) is 3.50. The highest BCUT2D eigenvalue weighted by molar-refractivity contribution is 7.47. The summed E-state index contributed by atoms with van der Waals surface area (Å²) in [5.41, 5.74) is 0. The van der Waals surface area contributed by atoms with Crippen LogP contribution in [0.3, 0.4) is 0 Å². The van der Waals surface area contributed by atoms with Crippen LogP contribution in [-0.2, 0) is 41.1 Å². The quantitative estimate of drug-likeness (QED) is 0.148. The van der Waals surface area contributed by atoms with E-state index in [0.29, 0.717) is 6.42 Å². The third-order valence-corrected chi connectivity index (χ3v) is 6.08. The van der Waals surface area contributed by atoms with Crippen LogP contribution in [0, 0.1) is 0 Å². The minimum absolute atomic E-state index is 0.0129. The van der Waals surface area contributed by atoms with Crippen LogP contribution in [0.2, 0.25) is 0 Å². The number of ether oxygens (including phenoxy) is 1. The van der Waals surface area contributed by atoms with Gasteiger partial charge in [-0.3, -0.25) is 22.6 Å². The van der Waals surface area contributed by atoms with Gasteiger partial charge in [-0.15, -0.1) is 0 Å². The van der Waals surface area contributed by atoms with Crippen LogP contribution in [0.1, 0.15) is 32.6 Å². The lowest BCUT2D eigenvalue weighted by Gasteiger charge is -2.20. The standard InChI is InChI=1S/C12H26BO13P3/c1-2-10-11(9-12(13)25-10)26-29(19,20)24-8-4-7-23-28(17,18)22-6-3-5-21-27(14,15)16/h10-12H,2-9H2,1H3,(H,17,18)(H,19,20)(H2,14,15,16). The minimum atomic E-state index is -4.60. The van der Waals surface area contributed by atoms with E-state index in [4.69, 9.17) is 31.4 Å². The van der Waals surface area contributed by atoms with Gasteiger partial charge in [0.25, 0.3) is 0 Å². The van der Waals surface area contributed by atoms with Crippen molar-refractivity contribution in [3.05, 3.63) is 0 Å². The molecule has 0 saturated carbocycles. The highest BCUT2D eigenvalue weighted by atomic mass is 31.2. The molecule has 0 aliphatic carbocycles. The van der Waals surface area contributed by atoms with Crippen molar-refractivity contribution in [1.82, 2.24) is 0 Å². The predicted octanol–water partition coefficient (Wildman–Crippen LogP) is 1.21. The molecule has 13 nitrogen and oxygen atoms in total. The zero-order chi connectivity index (χ0) is 22.1. The maximum Gasteiger partial charge on any atom is 0.472 e. The summed E-state index contributed by atoms with van der Waals surface area (Å²) in [6.45, 7) is 0.496. The van der Waals surface area contributed by atoms with Gasteiger partial charge in [-0.05, 0) is 25.7 Å². The molecule has 29 heavy (non-hydrogen) atoms. The van der Waals surface area contributed by atoms with Crippen molar-refractivity contribution < 1.29 is 60.6 Å². The first-order valence-corrected chi connectivity index (χ1v) is 13.2. The van der Waals surface area contributed by atoms with E-state index in [9.17, 15) is 23.5 Å². The van der Waals surface area contributed by atoms with Crippen molar-refractivity contribution in [2.75, 3.05) is 26.4 Å². The van der Waals surface area contributed by atoms with Crippen molar-refractivity contribution >= 4 is 31.3 Å². The summed E-state index contributed by atoms with van der Waals surface area (Å²) in [5.74, 6) is 0. The van der Waals surface area contributed by atoms with Gasteiger partial charge in [-0.25, -0.2) is 13.7 Å². The highest BCUT2D eigenvalue weighted by Crippen LogP contribution is 2.48. The summed E-state index contributed by atoms with van der Waals surface area (Å²) in [7, 11) is -7.74. The Kier molecular flexibility index (Phi) is 11.7. The molecule has 2 radical (unpaired) electrons. The molecule has 0 bridgehead atoms. The zero-order valence-electron chi connectivity index (χ0n) is 15.8. The Balaban J connectivity index is 2.18. The Bertz CT molecular complexity index is 628. The van der Waals surface area contributed by atoms with Crippen LogP contribution in [0.5, 0.6) is 0 Å². The van der Waals surface area contributed by atoms with Gasteiger partial charge in [0.15, 0.2) is 0 Å². The third kappa shape index (κ3) is 12.7. The van der Waals surface area contributed by atoms with Crippen LogP contribution in [0.25, 0.3) is 0 Å². The second kappa shape index (κ2) is 12.4. The summed E-state index contributed by atoms with van der Waals surface area (Å²) in [6, 6.07) is -0.583. The molecule has 5 unspecified atom stereocenters. The van der Waals surface area contributed by atoms with E-state index in [-0.39, 0.29) is 45.7 Å². The van der Waals surface area contributed by atoms with Crippen molar-refractivity contribution in [2.24, 2.45) is 0 Å². The van der Waals surface area contributed by atoms with E-state index in [1.165, 1.54) is 0 Å². The van der Waals surface area contributed by atoms with Crippen molar-refractivity contribution in [3.8, 4) is 0 Å². The summed E-state index contributed by atoms with van der Waals surface area (Å²) < 4.78 is 62.5. The number of hydrogen-bond donors (Lipinski definition) is 4. The maximum absolute atomic E-state index is 11.9. The summed E-state index contributed by atoms with van der Waals surface area (Å²) >= 11 is 0. The highest BCUT2D eigenvalue weighted by Gasteiger charge is 2.37. The van der Waals surface area contributed by atoms with Crippen LogP contribution in [-0.4, -0.2) is 72.1 Å². The normalized spacial score (nSPS) is 26.9. The van der Waals surface area contributed by atoms with Crippen LogP contribution in [0.15, 0.2) is 0 Å². The van der Waals surface area contributed by atoms with Gasteiger partial charge in [-0.2, -0.15) is 0 Å². The fourth-order valence-electron chi connectivity index (χ4n) is 2.30. The second-order valence-electron chi connectivity index (χ2n) is 5.97. The van der Waals surface area contributed by atoms with Gasteiger partial charge < -0.3 is 24.3 Å². The summed E-state index contributed by atoms with van der Waals surface area (Å²) in [4.78, 5) is 36.1. The lowest BCUT2D eigenvalue weighted by Crippen LogP contribution is -2.23. The molecule has 1 rings (SSSR count). The number of phosphoric acid groups is 3. The number of phosphoric ester groups is 3. The maximum atomic E-state index is 11.9. The first-order valence-electron chi connectivity index (χ1n) is 8.72. The average molecular weight is 482 g/mol. The van der Waals surface area contributed by atoms with Crippen LogP contribution in [0.4, 0.5) is 0 Å². The molecule has 0 aromatic heterocycles. The van der Waals surface area contributed by atoms with E-state index < -0.39 is 41.7 Å². The topological polar surface area (TPSA) is 188 Å². The molecule has 5 atom stereocenters. The Hall–Kier alpha value is 0.355. The average Bonchev–Trinajstić information content (AvgIpc) is 2.91. The zero-order valence-corrected chi connectivity index (χ0v) is 18.5. The van der Waals surface area contributed by atoms with E-state index >= 15 is 0 Å². The molecule has 170 valence electrons. The smallest absolute Gasteiger partial charge is 0.382 e. The monoisotopic (exact) mass is 482 g/mol. The Morgan fingerprint density at radius 3 is 1.86 bits per heavy atom. The molecule has 0 aromatic carbocycles.